The van der Waals surface area contributed by atoms with Gasteiger partial charge in [0.1, 0.15) is 46.3 Å². The predicted octanol–water partition coefficient (Wildman–Crippen LogP) is 9.40. The molecule has 2 heterocycles. The number of rotatable bonds is 28. The second-order valence-corrected chi connectivity index (χ2v) is 22.7. The number of halogens is 4. The first-order valence-electron chi connectivity index (χ1n) is 29.9. The van der Waals surface area contributed by atoms with Crippen LogP contribution in [-0.2, 0) is 22.7 Å². The third kappa shape index (κ3) is 17.7. The minimum atomic E-state index is -1.42. The number of aromatic nitrogens is 2. The van der Waals surface area contributed by atoms with Crippen molar-refractivity contribution in [3.8, 4) is 67.8 Å². The smallest absolute Gasteiger partial charge is 0.550 e. The second kappa shape index (κ2) is 32.1. The monoisotopic (exact) mass is 1310 g/mol. The Bertz CT molecular complexity index is 3660. The van der Waals surface area contributed by atoms with Gasteiger partial charge in [-0.3, -0.25) is 9.59 Å². The van der Waals surface area contributed by atoms with E-state index in [2.05, 4.69) is 10.6 Å². The average molecular weight is 1310 g/mol. The summed E-state index contributed by atoms with van der Waals surface area (Å²) in [5, 5.41) is 69.5. The molecule has 6 aromatic carbocycles. The number of aliphatic hydroxyl groups is 4. The van der Waals surface area contributed by atoms with E-state index < -0.39 is 84.3 Å². The van der Waals surface area contributed by atoms with Crippen LogP contribution in [0.3, 0.4) is 0 Å². The summed E-state index contributed by atoms with van der Waals surface area (Å²) in [4.78, 5) is 50.7. The molecule has 2 aromatic heterocycles. The van der Waals surface area contributed by atoms with Crippen LogP contribution in [0.2, 0.25) is 0 Å². The summed E-state index contributed by atoms with van der Waals surface area (Å²) in [5.41, 5.74) is 7.33. The maximum absolute atomic E-state index is 14.4. The number of nitrogens with zero attached hydrogens (tertiary/aromatic N) is 2. The average Bonchev–Trinajstić information content (AvgIpc) is 1.58. The van der Waals surface area contributed by atoms with Crippen LogP contribution in [0.15, 0.2) is 133 Å². The summed E-state index contributed by atoms with van der Waals surface area (Å²) >= 11 is 0. The molecule has 2 fully saturated rings. The van der Waals surface area contributed by atoms with Gasteiger partial charge in [-0.15, -0.1) is 0 Å². The van der Waals surface area contributed by atoms with Crippen molar-refractivity contribution in [3.05, 3.63) is 179 Å². The molecule has 4 atom stereocenters. The molecule has 2 aliphatic carbocycles. The molecule has 0 spiro atoms. The number of amides is 2. The molecule has 0 radical (unpaired) electrons. The summed E-state index contributed by atoms with van der Waals surface area (Å²) in [7, 11) is 5.99. The van der Waals surface area contributed by atoms with Gasteiger partial charge in [0.25, 0.3) is 11.8 Å². The molecule has 0 saturated heterocycles. The number of hydrogen-bond acceptors (Lipinski definition) is 14. The summed E-state index contributed by atoms with van der Waals surface area (Å²) in [6, 6.07) is 33.1. The first kappa shape index (κ1) is 70.6. The molecular formula is C70H70CaF4N4O14. The number of carboxylic acid groups (broad SMARTS) is 2. The van der Waals surface area contributed by atoms with Crippen molar-refractivity contribution in [1.82, 2.24) is 9.13 Å². The Balaban J connectivity index is 0.000000236. The normalized spacial score (nSPS) is 13.9. The largest absolute Gasteiger partial charge is 2.00 e. The predicted molar refractivity (Wildman–Crippen MR) is 337 cm³/mol. The van der Waals surface area contributed by atoms with Crippen molar-refractivity contribution < 1.29 is 86.3 Å². The van der Waals surface area contributed by atoms with Gasteiger partial charge in [0.15, 0.2) is 0 Å². The topological polar surface area (TPSA) is 266 Å². The van der Waals surface area contributed by atoms with E-state index in [9.17, 15) is 67.4 Å². The van der Waals surface area contributed by atoms with E-state index in [0.717, 1.165) is 25.7 Å². The second-order valence-electron chi connectivity index (χ2n) is 22.7. The van der Waals surface area contributed by atoms with Gasteiger partial charge in [-0.1, -0.05) is 24.3 Å². The number of carboxylic acids is 2. The van der Waals surface area contributed by atoms with Crippen LogP contribution in [0.4, 0.5) is 28.9 Å². The van der Waals surface area contributed by atoms with E-state index in [1.807, 2.05) is 9.13 Å². The van der Waals surface area contributed by atoms with Gasteiger partial charge in [0.05, 0.1) is 86.7 Å². The third-order valence-corrected chi connectivity index (χ3v) is 16.1. The number of aliphatic hydroxyl groups excluding tert-OH is 4. The van der Waals surface area contributed by atoms with Crippen LogP contribution in [0, 0.1) is 23.3 Å². The van der Waals surface area contributed by atoms with Gasteiger partial charge < -0.3 is 78.9 Å². The SMILES string of the molecule is COc1ccc(NC(=O)c2c(-c3ccc(F)cc3)c(-c3ccc(F)cc3)n(CC[C@@H](O)CC(O)CC(=O)[O-])c2C2CC2)c(OC)c1.COc1ccc(NC(=O)c2c(-c3ccc(F)cc3)c(-c3ccc(F)cc3)n(CC[C@@H](O)C[C@@H](O)CC(=O)[O-])c2C2CC2)c(OC)c1.[Ca+2]. The molecule has 6 N–H and O–H groups in total. The fourth-order valence-corrected chi connectivity index (χ4v) is 11.5. The van der Waals surface area contributed by atoms with Crippen LogP contribution in [0.1, 0.15) is 108 Å². The van der Waals surface area contributed by atoms with Crippen LogP contribution >= 0.6 is 0 Å². The Labute approximate surface area is 564 Å². The molecule has 8 aromatic rings. The summed E-state index contributed by atoms with van der Waals surface area (Å²) < 4.78 is 82.0. The molecule has 2 aliphatic rings. The van der Waals surface area contributed by atoms with E-state index in [4.69, 9.17) is 18.9 Å². The number of hydrogen-bond donors (Lipinski definition) is 6. The van der Waals surface area contributed by atoms with Gasteiger partial charge in [0, 0.05) is 84.4 Å². The summed E-state index contributed by atoms with van der Waals surface area (Å²) in [6.45, 7) is 0.371. The molecule has 484 valence electrons. The number of aliphatic carboxylic acids is 2. The zero-order valence-electron chi connectivity index (χ0n) is 51.6. The Hall–Kier alpha value is -8.22. The Kier molecular flexibility index (Phi) is 24.4. The zero-order valence-corrected chi connectivity index (χ0v) is 53.8. The standard InChI is InChI=1S/2C35H36F2N2O7.Ca/c2*1-45-27-13-14-28(29(19-27)46-2)38-35(44)32-31(20-5-9-23(36)10-6-20)33(22-7-11-24(37)12-8-22)39(34(32)21-3-4-21)16-15-25(40)17-26(41)18-30(42)43;/h2*5-14,19,21,25-26,40-41H,3-4,15-18H2,1-2H3,(H,38,44)(H,42,43);/q;;+2/p-2/t25-,26?;25-,26-;/m11./s1. The van der Waals surface area contributed by atoms with Gasteiger partial charge in [-0.05, 0) is 171 Å². The molecule has 1 unspecified atom stereocenters. The Morgan fingerprint density at radius 1 is 0.473 bits per heavy atom. The van der Waals surface area contributed by atoms with Crippen molar-refractivity contribution in [2.45, 2.75) is 114 Å². The molecular weight excluding hydrogens is 1240 g/mol. The van der Waals surface area contributed by atoms with Gasteiger partial charge in [-0.2, -0.15) is 0 Å². The third-order valence-electron chi connectivity index (χ3n) is 16.1. The molecule has 0 aliphatic heterocycles. The van der Waals surface area contributed by atoms with Gasteiger partial charge >= 0.3 is 37.7 Å². The van der Waals surface area contributed by atoms with E-state index in [0.29, 0.717) is 102 Å². The van der Waals surface area contributed by atoms with Crippen LogP contribution in [0.25, 0.3) is 44.8 Å². The van der Waals surface area contributed by atoms with E-state index in [1.54, 1.807) is 84.9 Å². The van der Waals surface area contributed by atoms with Crippen LogP contribution in [-0.4, -0.2) is 144 Å². The summed E-state index contributed by atoms with van der Waals surface area (Å²) in [6.07, 6.45) is -2.88. The van der Waals surface area contributed by atoms with Crippen molar-refractivity contribution in [2.24, 2.45) is 0 Å². The number of anilines is 2. The quantitative estimate of drug-likeness (QED) is 0.0197. The zero-order chi connectivity index (χ0) is 65.9. The Morgan fingerprint density at radius 2 is 0.785 bits per heavy atom. The number of ether oxygens (including phenoxy) is 4. The van der Waals surface area contributed by atoms with Crippen LogP contribution in [0.5, 0.6) is 23.0 Å². The van der Waals surface area contributed by atoms with Crippen molar-refractivity contribution in [1.29, 1.82) is 0 Å². The first-order valence-corrected chi connectivity index (χ1v) is 29.9. The van der Waals surface area contributed by atoms with Crippen molar-refractivity contribution in [3.63, 3.8) is 0 Å². The van der Waals surface area contributed by atoms with E-state index in [1.165, 1.54) is 77.0 Å². The molecule has 23 heteroatoms. The van der Waals surface area contributed by atoms with Gasteiger partial charge in [-0.25, -0.2) is 17.6 Å². The maximum Gasteiger partial charge on any atom is 2.00 e. The molecule has 93 heavy (non-hydrogen) atoms. The summed E-state index contributed by atoms with van der Waals surface area (Å²) in [5.74, 6) is -3.75. The Morgan fingerprint density at radius 3 is 1.06 bits per heavy atom. The van der Waals surface area contributed by atoms with Gasteiger partial charge in [0.2, 0.25) is 0 Å². The first-order chi connectivity index (χ1) is 44.2. The van der Waals surface area contributed by atoms with Crippen molar-refractivity contribution >= 4 is 72.9 Å². The number of carbonyl (C=O) groups is 4. The number of carbonyl (C=O) groups excluding carboxylic acids is 4. The minimum Gasteiger partial charge on any atom is -0.550 e. The fourth-order valence-electron chi connectivity index (χ4n) is 11.5. The number of nitrogens with one attached hydrogen (secondary N) is 2. The van der Waals surface area contributed by atoms with Crippen LogP contribution < -0.4 is 39.8 Å². The molecule has 2 amide bonds. The number of benzene rings is 6. The number of methoxy groups -OCH3 is 4. The fraction of sp³-hybridized carbons (Fsp3) is 0.314. The van der Waals surface area contributed by atoms with E-state index >= 15 is 0 Å². The van der Waals surface area contributed by atoms with Crippen molar-refractivity contribution in [2.75, 3.05) is 39.1 Å². The van der Waals surface area contributed by atoms with E-state index in [-0.39, 0.29) is 88.3 Å². The minimum absolute atomic E-state index is 0. The molecule has 2 saturated carbocycles. The maximum atomic E-state index is 14.4. The molecule has 10 rings (SSSR count). The molecule has 18 nitrogen and oxygen atoms in total. The molecule has 0 bridgehead atoms.